The van der Waals surface area contributed by atoms with Crippen LogP contribution in [0.3, 0.4) is 0 Å². The summed E-state index contributed by atoms with van der Waals surface area (Å²) in [7, 11) is 0. The molecule has 0 amide bonds. The second kappa shape index (κ2) is 7.43. The molecule has 1 saturated carbocycles. The van der Waals surface area contributed by atoms with E-state index in [9.17, 15) is 5.11 Å². The fourth-order valence-electron chi connectivity index (χ4n) is 2.77. The van der Waals surface area contributed by atoms with Gasteiger partial charge in [-0.05, 0) is 49.9 Å². The number of rotatable bonds is 6. The maximum atomic E-state index is 10.0. The fourth-order valence-corrected chi connectivity index (χ4v) is 3.46. The Balaban J connectivity index is 1.79. The van der Waals surface area contributed by atoms with Crippen molar-refractivity contribution in [2.24, 2.45) is 0 Å². The van der Waals surface area contributed by atoms with Crippen molar-refractivity contribution < 1.29 is 9.84 Å². The first-order valence-corrected chi connectivity index (χ1v) is 8.16. The van der Waals surface area contributed by atoms with E-state index in [1.807, 2.05) is 0 Å². The van der Waals surface area contributed by atoms with Gasteiger partial charge in [0, 0.05) is 16.7 Å². The molecule has 1 fully saturated rings. The van der Waals surface area contributed by atoms with E-state index in [2.05, 4.69) is 47.2 Å². The van der Waals surface area contributed by atoms with Gasteiger partial charge in [0.05, 0.1) is 18.8 Å². The van der Waals surface area contributed by atoms with Crippen LogP contribution in [0.5, 0.6) is 0 Å². The molecule has 0 bridgehead atoms. The Hall–Kier alpha value is -0.580. The van der Waals surface area contributed by atoms with Gasteiger partial charge in [0.1, 0.15) is 0 Å². The normalized spacial score (nSPS) is 17.4. The highest BCUT2D eigenvalue weighted by Crippen LogP contribution is 2.25. The topological polar surface area (TPSA) is 41.5 Å². The summed E-state index contributed by atoms with van der Waals surface area (Å²) in [6.45, 7) is 5.09. The summed E-state index contributed by atoms with van der Waals surface area (Å²) in [5.74, 6) is 0. The number of aryl methyl sites for hydroxylation is 2. The Kier molecular flexibility index (Phi) is 5.87. The van der Waals surface area contributed by atoms with Gasteiger partial charge in [0.25, 0.3) is 0 Å². The summed E-state index contributed by atoms with van der Waals surface area (Å²) < 4.78 is 6.82. The predicted molar refractivity (Wildman–Crippen MR) is 86.3 cm³/mol. The van der Waals surface area contributed by atoms with E-state index in [4.69, 9.17) is 4.74 Å². The van der Waals surface area contributed by atoms with Gasteiger partial charge < -0.3 is 15.2 Å². The van der Waals surface area contributed by atoms with Gasteiger partial charge in [0.15, 0.2) is 0 Å². The van der Waals surface area contributed by atoms with Crippen LogP contribution in [0.15, 0.2) is 16.6 Å². The maximum absolute atomic E-state index is 10.0. The van der Waals surface area contributed by atoms with E-state index >= 15 is 0 Å². The number of nitrogens with one attached hydrogen (secondary N) is 1. The number of benzene rings is 1. The Labute approximate surface area is 129 Å². The van der Waals surface area contributed by atoms with Crippen LogP contribution in [0.25, 0.3) is 0 Å². The Morgan fingerprint density at radius 2 is 1.90 bits per heavy atom. The summed E-state index contributed by atoms with van der Waals surface area (Å²) in [6.07, 6.45) is 4.71. The van der Waals surface area contributed by atoms with Crippen molar-refractivity contribution in [3.8, 4) is 0 Å². The summed E-state index contributed by atoms with van der Waals surface area (Å²) >= 11 is 3.49. The monoisotopic (exact) mass is 341 g/mol. The lowest BCUT2D eigenvalue weighted by atomic mass is 10.1. The Morgan fingerprint density at radius 3 is 2.50 bits per heavy atom. The average molecular weight is 342 g/mol. The lowest BCUT2D eigenvalue weighted by Crippen LogP contribution is -2.27. The van der Waals surface area contributed by atoms with Crippen molar-refractivity contribution in [2.45, 2.75) is 51.7 Å². The molecule has 0 saturated heterocycles. The van der Waals surface area contributed by atoms with Gasteiger partial charge in [-0.3, -0.25) is 0 Å². The lowest BCUT2D eigenvalue weighted by molar-refractivity contribution is -0.00117. The zero-order valence-corrected chi connectivity index (χ0v) is 13.9. The molecular weight excluding hydrogens is 318 g/mol. The average Bonchev–Trinajstić information content (AvgIpc) is 2.88. The van der Waals surface area contributed by atoms with Crippen LogP contribution in [-0.4, -0.2) is 30.5 Å². The van der Waals surface area contributed by atoms with Crippen LogP contribution in [0.4, 0.5) is 5.69 Å². The molecule has 2 N–H and O–H groups in total. The van der Waals surface area contributed by atoms with Gasteiger partial charge in [-0.1, -0.05) is 28.8 Å². The summed E-state index contributed by atoms with van der Waals surface area (Å²) in [4.78, 5) is 0. The van der Waals surface area contributed by atoms with Crippen molar-refractivity contribution >= 4 is 21.6 Å². The maximum Gasteiger partial charge on any atom is 0.0945 e. The second-order valence-corrected chi connectivity index (χ2v) is 6.60. The molecule has 2 rings (SSSR count). The highest BCUT2D eigenvalue weighted by Gasteiger charge is 2.17. The van der Waals surface area contributed by atoms with E-state index in [0.717, 1.165) is 23.0 Å². The van der Waals surface area contributed by atoms with Crippen LogP contribution in [-0.2, 0) is 4.74 Å². The van der Waals surface area contributed by atoms with Gasteiger partial charge >= 0.3 is 0 Å². The quantitative estimate of drug-likeness (QED) is 0.826. The number of hydrogen-bond donors (Lipinski definition) is 2. The highest BCUT2D eigenvalue weighted by molar-refractivity contribution is 9.10. The van der Waals surface area contributed by atoms with Crippen molar-refractivity contribution in [3.05, 3.63) is 27.7 Å². The van der Waals surface area contributed by atoms with Crippen molar-refractivity contribution in [1.82, 2.24) is 0 Å². The molecule has 4 heteroatoms. The third kappa shape index (κ3) is 4.47. The minimum atomic E-state index is -0.460. The van der Waals surface area contributed by atoms with Crippen LogP contribution >= 0.6 is 15.9 Å². The van der Waals surface area contributed by atoms with Gasteiger partial charge in [-0.2, -0.15) is 0 Å². The van der Waals surface area contributed by atoms with E-state index in [0.29, 0.717) is 19.3 Å². The van der Waals surface area contributed by atoms with Crippen LogP contribution in [0.2, 0.25) is 0 Å². The molecule has 0 radical (unpaired) electrons. The molecule has 1 atom stereocenters. The number of anilines is 1. The van der Waals surface area contributed by atoms with Gasteiger partial charge in [0.2, 0.25) is 0 Å². The van der Waals surface area contributed by atoms with Crippen molar-refractivity contribution in [2.75, 3.05) is 18.5 Å². The molecule has 0 aromatic heterocycles. The number of ether oxygens (including phenoxy) is 1. The van der Waals surface area contributed by atoms with Crippen LogP contribution in [0, 0.1) is 13.8 Å². The van der Waals surface area contributed by atoms with E-state index in [1.165, 1.54) is 24.0 Å². The predicted octanol–water partition coefficient (Wildman–Crippen LogP) is 3.80. The molecule has 0 heterocycles. The smallest absolute Gasteiger partial charge is 0.0945 e. The largest absolute Gasteiger partial charge is 0.389 e. The molecule has 1 unspecified atom stereocenters. The molecule has 1 aromatic rings. The SMILES string of the molecule is Cc1cc(Br)cc(C)c1NCC(O)COC1CCCC1. The van der Waals surface area contributed by atoms with E-state index < -0.39 is 6.10 Å². The molecule has 0 aliphatic heterocycles. The second-order valence-electron chi connectivity index (χ2n) is 5.69. The summed E-state index contributed by atoms with van der Waals surface area (Å²) in [6, 6.07) is 4.16. The number of aliphatic hydroxyl groups is 1. The number of aliphatic hydroxyl groups excluding tert-OH is 1. The summed E-state index contributed by atoms with van der Waals surface area (Å²) in [5, 5.41) is 13.3. The van der Waals surface area contributed by atoms with Crippen LogP contribution in [0.1, 0.15) is 36.8 Å². The first kappa shape index (κ1) is 15.8. The van der Waals surface area contributed by atoms with E-state index in [-0.39, 0.29) is 0 Å². The Bertz CT molecular complexity index is 421. The first-order valence-electron chi connectivity index (χ1n) is 7.36. The Morgan fingerprint density at radius 1 is 1.30 bits per heavy atom. The molecule has 20 heavy (non-hydrogen) atoms. The number of hydrogen-bond acceptors (Lipinski definition) is 3. The van der Waals surface area contributed by atoms with E-state index in [1.54, 1.807) is 0 Å². The third-order valence-corrected chi connectivity index (χ3v) is 4.30. The standard InChI is InChI=1S/C16H24BrNO2/c1-11-7-13(17)8-12(2)16(11)18-9-14(19)10-20-15-5-3-4-6-15/h7-8,14-15,18-19H,3-6,9-10H2,1-2H3. The van der Waals surface area contributed by atoms with Gasteiger partial charge in [-0.25, -0.2) is 0 Å². The molecule has 1 aliphatic carbocycles. The van der Waals surface area contributed by atoms with Crippen LogP contribution < -0.4 is 5.32 Å². The minimum Gasteiger partial charge on any atom is -0.389 e. The van der Waals surface area contributed by atoms with Crippen molar-refractivity contribution in [3.63, 3.8) is 0 Å². The molecular formula is C16H24BrNO2. The zero-order chi connectivity index (χ0) is 14.5. The zero-order valence-electron chi connectivity index (χ0n) is 12.3. The third-order valence-electron chi connectivity index (χ3n) is 3.84. The summed E-state index contributed by atoms with van der Waals surface area (Å²) in [5.41, 5.74) is 3.47. The molecule has 112 valence electrons. The molecule has 1 aromatic carbocycles. The first-order chi connectivity index (χ1) is 9.56. The molecule has 1 aliphatic rings. The van der Waals surface area contributed by atoms with Gasteiger partial charge in [-0.15, -0.1) is 0 Å². The number of halogens is 1. The molecule has 3 nitrogen and oxygen atoms in total. The molecule has 0 spiro atoms. The lowest BCUT2D eigenvalue weighted by Gasteiger charge is -2.18. The van der Waals surface area contributed by atoms with Crippen molar-refractivity contribution in [1.29, 1.82) is 0 Å². The fraction of sp³-hybridized carbons (Fsp3) is 0.625. The highest BCUT2D eigenvalue weighted by atomic mass is 79.9. The minimum absolute atomic E-state index is 0.362.